The van der Waals surface area contributed by atoms with Crippen molar-refractivity contribution in [1.82, 2.24) is 0 Å². The molecule has 0 spiro atoms. The molecule has 1 aromatic heterocycles. The molecule has 0 aliphatic heterocycles. The summed E-state index contributed by atoms with van der Waals surface area (Å²) in [6.07, 6.45) is 1.06. The summed E-state index contributed by atoms with van der Waals surface area (Å²) in [5.74, 6) is 0.978. The summed E-state index contributed by atoms with van der Waals surface area (Å²) in [5.41, 5.74) is 1.41. The molecule has 0 bridgehead atoms. The Morgan fingerprint density at radius 2 is 1.71 bits per heavy atom. The van der Waals surface area contributed by atoms with Crippen LogP contribution < -0.4 is 5.43 Å². The first-order valence-electron chi connectivity index (χ1n) is 7.58. The maximum Gasteiger partial charge on any atom is 0.196 e. The van der Waals surface area contributed by atoms with E-state index in [1.807, 2.05) is 24.3 Å². The van der Waals surface area contributed by atoms with E-state index in [1.165, 1.54) is 5.56 Å². The molecule has 2 heteroatoms. The molecule has 1 nitrogen and oxygen atoms in total. The molecule has 0 aliphatic carbocycles. The maximum atomic E-state index is 13.0. The molecule has 0 aliphatic rings. The van der Waals surface area contributed by atoms with Crippen LogP contribution in [0.3, 0.4) is 0 Å². The lowest BCUT2D eigenvalue weighted by molar-refractivity contribution is 0.488. The molecule has 0 amide bonds. The van der Waals surface area contributed by atoms with Gasteiger partial charge in [0.05, 0.1) is 0 Å². The predicted molar refractivity (Wildman–Crippen MR) is 93.5 cm³/mol. The van der Waals surface area contributed by atoms with Gasteiger partial charge in [0.2, 0.25) is 0 Å². The lowest BCUT2D eigenvalue weighted by Gasteiger charge is -2.21. The third-order valence-electron chi connectivity index (χ3n) is 4.28. The molecule has 108 valence electrons. The zero-order valence-electron chi connectivity index (χ0n) is 12.7. The molecular weight excluding hydrogens is 276 g/mol. The van der Waals surface area contributed by atoms with Gasteiger partial charge in [0.25, 0.3) is 0 Å². The summed E-state index contributed by atoms with van der Waals surface area (Å²) in [4.78, 5) is 13.0. The Labute approximate surface area is 129 Å². The Balaban J connectivity index is 2.42. The molecule has 3 aromatic rings. The second-order valence-electron chi connectivity index (χ2n) is 5.91. The summed E-state index contributed by atoms with van der Waals surface area (Å²) < 4.78 is 2.18. The molecule has 0 radical (unpaired) electrons. The lowest BCUT2D eigenvalue weighted by Crippen LogP contribution is -2.11. The zero-order valence-corrected chi connectivity index (χ0v) is 13.5. The van der Waals surface area contributed by atoms with Crippen LogP contribution in [0, 0.1) is 5.92 Å². The zero-order chi connectivity index (χ0) is 15.0. The maximum absolute atomic E-state index is 13.0. The van der Waals surface area contributed by atoms with Gasteiger partial charge in [-0.25, -0.2) is 0 Å². The third kappa shape index (κ3) is 2.38. The van der Waals surface area contributed by atoms with Crippen LogP contribution in [0.25, 0.3) is 20.2 Å². The van der Waals surface area contributed by atoms with Crippen LogP contribution in [0.2, 0.25) is 0 Å². The number of rotatable bonds is 3. The summed E-state index contributed by atoms with van der Waals surface area (Å²) in [6.45, 7) is 6.68. The Hall–Kier alpha value is -1.67. The highest BCUT2D eigenvalue weighted by molar-refractivity contribution is 7.24. The van der Waals surface area contributed by atoms with Crippen molar-refractivity contribution < 1.29 is 0 Å². The van der Waals surface area contributed by atoms with Crippen LogP contribution in [-0.2, 0) is 0 Å². The first-order chi connectivity index (χ1) is 10.1. The van der Waals surface area contributed by atoms with Gasteiger partial charge in [0.15, 0.2) is 5.43 Å². The Morgan fingerprint density at radius 1 is 1.00 bits per heavy atom. The SMILES string of the molecule is CCC(c1cccc2sc3ccccc3c(=O)c12)C(C)C. The number of fused-ring (bicyclic) bond motifs is 2. The van der Waals surface area contributed by atoms with Crippen LogP contribution >= 0.6 is 11.3 Å². The van der Waals surface area contributed by atoms with E-state index in [2.05, 4.69) is 39.0 Å². The van der Waals surface area contributed by atoms with Gasteiger partial charge in [-0.1, -0.05) is 45.0 Å². The summed E-state index contributed by atoms with van der Waals surface area (Å²) in [6, 6.07) is 14.2. The van der Waals surface area contributed by atoms with Gasteiger partial charge in [0, 0.05) is 20.2 Å². The van der Waals surface area contributed by atoms with Crippen molar-refractivity contribution >= 4 is 31.5 Å². The molecule has 2 aromatic carbocycles. The largest absolute Gasteiger partial charge is 0.288 e. The van der Waals surface area contributed by atoms with Crippen molar-refractivity contribution in [3.8, 4) is 0 Å². The third-order valence-corrected chi connectivity index (χ3v) is 5.42. The Bertz CT molecular complexity index is 845. The number of hydrogen-bond donors (Lipinski definition) is 0. The molecule has 1 unspecified atom stereocenters. The molecule has 0 N–H and O–H groups in total. The highest BCUT2D eigenvalue weighted by atomic mass is 32.1. The van der Waals surface area contributed by atoms with Crippen LogP contribution in [0.4, 0.5) is 0 Å². The first-order valence-corrected chi connectivity index (χ1v) is 8.39. The smallest absolute Gasteiger partial charge is 0.196 e. The Kier molecular flexibility index (Phi) is 3.81. The monoisotopic (exact) mass is 296 g/mol. The normalized spacial score (nSPS) is 13.1. The van der Waals surface area contributed by atoms with Crippen molar-refractivity contribution in [2.24, 2.45) is 5.92 Å². The molecule has 0 saturated carbocycles. The van der Waals surface area contributed by atoms with Crippen molar-refractivity contribution in [1.29, 1.82) is 0 Å². The molecule has 21 heavy (non-hydrogen) atoms. The molecule has 3 rings (SSSR count). The minimum absolute atomic E-state index is 0.189. The van der Waals surface area contributed by atoms with Crippen LogP contribution in [0.15, 0.2) is 47.3 Å². The average molecular weight is 296 g/mol. The fourth-order valence-electron chi connectivity index (χ4n) is 3.23. The van der Waals surface area contributed by atoms with Crippen LogP contribution in [0.1, 0.15) is 38.7 Å². The predicted octanol–water partition coefficient (Wildman–Crippen LogP) is 5.56. The fraction of sp³-hybridized carbons (Fsp3) is 0.316. The minimum Gasteiger partial charge on any atom is -0.288 e. The van der Waals surface area contributed by atoms with Crippen molar-refractivity contribution in [3.05, 3.63) is 58.3 Å². The van der Waals surface area contributed by atoms with E-state index in [0.717, 1.165) is 26.6 Å². The van der Waals surface area contributed by atoms with E-state index >= 15 is 0 Å². The van der Waals surface area contributed by atoms with Crippen molar-refractivity contribution in [2.75, 3.05) is 0 Å². The van der Waals surface area contributed by atoms with Gasteiger partial charge in [-0.05, 0) is 42.0 Å². The van der Waals surface area contributed by atoms with E-state index in [0.29, 0.717) is 11.8 Å². The quantitative estimate of drug-likeness (QED) is 0.578. The highest BCUT2D eigenvalue weighted by Gasteiger charge is 2.18. The standard InChI is InChI=1S/C19H20OS/c1-4-13(12(2)3)14-9-7-11-17-18(14)19(20)15-8-5-6-10-16(15)21-17/h5-13H,4H2,1-3H3. The van der Waals surface area contributed by atoms with Gasteiger partial charge in [-0.2, -0.15) is 0 Å². The molecule has 0 saturated heterocycles. The fourth-order valence-corrected chi connectivity index (χ4v) is 4.35. The van der Waals surface area contributed by atoms with E-state index in [4.69, 9.17) is 0 Å². The van der Waals surface area contributed by atoms with Gasteiger partial charge < -0.3 is 0 Å². The summed E-state index contributed by atoms with van der Waals surface area (Å²) >= 11 is 1.72. The Morgan fingerprint density at radius 3 is 2.43 bits per heavy atom. The lowest BCUT2D eigenvalue weighted by atomic mass is 9.84. The summed E-state index contributed by atoms with van der Waals surface area (Å²) in [5, 5.41) is 1.78. The van der Waals surface area contributed by atoms with E-state index in [1.54, 1.807) is 11.3 Å². The average Bonchev–Trinajstić information content (AvgIpc) is 2.48. The van der Waals surface area contributed by atoms with E-state index in [-0.39, 0.29) is 5.43 Å². The summed E-state index contributed by atoms with van der Waals surface area (Å²) in [7, 11) is 0. The van der Waals surface area contributed by atoms with Gasteiger partial charge >= 0.3 is 0 Å². The second kappa shape index (κ2) is 5.61. The van der Waals surface area contributed by atoms with Crippen molar-refractivity contribution in [3.63, 3.8) is 0 Å². The second-order valence-corrected chi connectivity index (χ2v) is 6.99. The van der Waals surface area contributed by atoms with Crippen LogP contribution in [0.5, 0.6) is 0 Å². The molecular formula is C19H20OS. The topological polar surface area (TPSA) is 17.1 Å². The number of hydrogen-bond acceptors (Lipinski definition) is 2. The number of benzene rings is 2. The molecule has 1 atom stereocenters. The van der Waals surface area contributed by atoms with Gasteiger partial charge in [-0.15, -0.1) is 11.3 Å². The van der Waals surface area contributed by atoms with Gasteiger partial charge in [-0.3, -0.25) is 4.79 Å². The molecule has 0 fully saturated rings. The van der Waals surface area contributed by atoms with E-state index < -0.39 is 0 Å². The first kappa shape index (κ1) is 14.3. The van der Waals surface area contributed by atoms with Crippen LogP contribution in [-0.4, -0.2) is 0 Å². The minimum atomic E-state index is 0.189. The highest BCUT2D eigenvalue weighted by Crippen LogP contribution is 2.34. The molecule has 1 heterocycles. The van der Waals surface area contributed by atoms with E-state index in [9.17, 15) is 4.79 Å². The van der Waals surface area contributed by atoms with Crippen molar-refractivity contribution in [2.45, 2.75) is 33.1 Å². The van der Waals surface area contributed by atoms with Gasteiger partial charge in [0.1, 0.15) is 0 Å².